The summed E-state index contributed by atoms with van der Waals surface area (Å²) >= 11 is 0. The van der Waals surface area contributed by atoms with Crippen LogP contribution in [0.3, 0.4) is 0 Å². The van der Waals surface area contributed by atoms with Crippen molar-refractivity contribution in [1.29, 1.82) is 10.5 Å². The first-order chi connectivity index (χ1) is 9.85. The van der Waals surface area contributed by atoms with Crippen molar-refractivity contribution in [3.8, 4) is 12.1 Å². The molecule has 2 rings (SSSR count). The summed E-state index contributed by atoms with van der Waals surface area (Å²) in [6.07, 6.45) is 2.93. The van der Waals surface area contributed by atoms with E-state index in [1.54, 1.807) is 0 Å². The van der Waals surface area contributed by atoms with Crippen LogP contribution < -0.4 is 0 Å². The zero-order chi connectivity index (χ0) is 15.7. The molecule has 0 aromatic heterocycles. The molecule has 1 aromatic rings. The number of hydrogen-bond acceptors (Lipinski definition) is 2. The number of benzene rings is 1. The van der Waals surface area contributed by atoms with Gasteiger partial charge < -0.3 is 0 Å². The van der Waals surface area contributed by atoms with E-state index in [0.717, 1.165) is 12.0 Å². The fraction of sp³-hybridized carbons (Fsp3) is 0.474. The molecule has 2 nitrogen and oxygen atoms in total. The molecular formula is C19H22N2. The van der Waals surface area contributed by atoms with E-state index in [0.29, 0.717) is 0 Å². The van der Waals surface area contributed by atoms with E-state index in [2.05, 4.69) is 45.9 Å². The summed E-state index contributed by atoms with van der Waals surface area (Å²) in [5, 5.41) is 19.8. The molecule has 108 valence electrons. The molecule has 0 unspecified atom stereocenters. The van der Waals surface area contributed by atoms with E-state index < -0.39 is 5.41 Å². The minimum Gasteiger partial charge on any atom is -0.197 e. The van der Waals surface area contributed by atoms with Gasteiger partial charge in [0.15, 0.2) is 5.41 Å². The predicted molar refractivity (Wildman–Crippen MR) is 84.2 cm³/mol. The van der Waals surface area contributed by atoms with E-state index in [4.69, 9.17) is 0 Å². The van der Waals surface area contributed by atoms with Crippen LogP contribution in [0.4, 0.5) is 0 Å². The predicted octanol–water partition coefficient (Wildman–Crippen LogP) is 4.82. The largest absolute Gasteiger partial charge is 0.197 e. The average Bonchev–Trinajstić information content (AvgIpc) is 2.46. The summed E-state index contributed by atoms with van der Waals surface area (Å²) in [5.41, 5.74) is 1.23. The Kier molecular flexibility index (Phi) is 3.93. The van der Waals surface area contributed by atoms with Crippen LogP contribution in [0, 0.1) is 39.4 Å². The minimum absolute atomic E-state index is 0.0233. The number of hydrogen-bond donors (Lipinski definition) is 0. The fourth-order valence-electron chi connectivity index (χ4n) is 3.51. The van der Waals surface area contributed by atoms with Crippen molar-refractivity contribution in [3.63, 3.8) is 0 Å². The van der Waals surface area contributed by atoms with Gasteiger partial charge in [0.25, 0.3) is 0 Å². The Labute approximate surface area is 127 Å². The number of allylic oxidation sites excluding steroid dienone is 2. The minimum atomic E-state index is -1.00. The Hall–Kier alpha value is -2.06. The van der Waals surface area contributed by atoms with E-state index in [-0.39, 0.29) is 17.3 Å². The molecule has 0 bridgehead atoms. The highest BCUT2D eigenvalue weighted by atomic mass is 14.6. The van der Waals surface area contributed by atoms with Crippen LogP contribution in [0.2, 0.25) is 0 Å². The molecule has 0 radical (unpaired) electrons. The summed E-state index contributed by atoms with van der Waals surface area (Å²) in [6, 6.07) is 14.7. The normalized spacial score (nSPS) is 24.6. The molecule has 0 N–H and O–H groups in total. The Balaban J connectivity index is 2.65. The van der Waals surface area contributed by atoms with E-state index in [9.17, 15) is 10.5 Å². The Morgan fingerprint density at radius 1 is 1.10 bits per heavy atom. The molecule has 1 aliphatic carbocycles. The van der Waals surface area contributed by atoms with Crippen molar-refractivity contribution in [3.05, 3.63) is 47.5 Å². The first-order valence-electron chi connectivity index (χ1n) is 7.40. The maximum atomic E-state index is 9.89. The van der Waals surface area contributed by atoms with Crippen LogP contribution in [0.15, 0.2) is 42.0 Å². The van der Waals surface area contributed by atoms with Gasteiger partial charge in [-0.05, 0) is 24.3 Å². The van der Waals surface area contributed by atoms with Gasteiger partial charge in [-0.25, -0.2) is 0 Å². The van der Waals surface area contributed by atoms with Crippen molar-refractivity contribution in [2.75, 3.05) is 0 Å². The first kappa shape index (κ1) is 15.3. The van der Waals surface area contributed by atoms with Crippen molar-refractivity contribution >= 4 is 0 Å². The molecule has 21 heavy (non-hydrogen) atoms. The molecule has 2 atom stereocenters. The van der Waals surface area contributed by atoms with Crippen LogP contribution in [-0.4, -0.2) is 0 Å². The highest BCUT2D eigenvalue weighted by Crippen LogP contribution is 2.54. The average molecular weight is 278 g/mol. The summed E-state index contributed by atoms with van der Waals surface area (Å²) in [7, 11) is 0. The lowest BCUT2D eigenvalue weighted by molar-refractivity contribution is 0.122. The fourth-order valence-corrected chi connectivity index (χ4v) is 3.51. The van der Waals surface area contributed by atoms with Gasteiger partial charge in [-0.1, -0.05) is 62.8 Å². The van der Waals surface area contributed by atoms with Gasteiger partial charge in [0.1, 0.15) is 0 Å². The van der Waals surface area contributed by atoms with Crippen LogP contribution in [0.1, 0.15) is 45.6 Å². The second-order valence-electron chi connectivity index (χ2n) is 7.12. The molecular weight excluding hydrogens is 256 g/mol. The summed E-state index contributed by atoms with van der Waals surface area (Å²) in [5.74, 6) is -0.137. The van der Waals surface area contributed by atoms with Crippen molar-refractivity contribution < 1.29 is 0 Å². The maximum absolute atomic E-state index is 9.89. The monoisotopic (exact) mass is 278 g/mol. The highest BCUT2D eigenvalue weighted by Gasteiger charge is 2.52. The highest BCUT2D eigenvalue weighted by molar-refractivity contribution is 5.40. The SMILES string of the molecule is CC1=C[C@H](c2ccccc2)C(C#N)(C#N)[C@H](C(C)(C)C)C1. The zero-order valence-corrected chi connectivity index (χ0v) is 13.2. The van der Waals surface area contributed by atoms with Crippen molar-refractivity contribution in [1.82, 2.24) is 0 Å². The van der Waals surface area contributed by atoms with Crippen LogP contribution in [-0.2, 0) is 0 Å². The van der Waals surface area contributed by atoms with Crippen LogP contribution in [0.5, 0.6) is 0 Å². The third kappa shape index (κ3) is 2.59. The molecule has 0 spiro atoms. The molecule has 0 amide bonds. The summed E-state index contributed by atoms with van der Waals surface area (Å²) in [4.78, 5) is 0. The number of nitriles is 2. The first-order valence-corrected chi connectivity index (χ1v) is 7.40. The third-order valence-corrected chi connectivity index (χ3v) is 4.59. The molecule has 0 saturated heterocycles. The molecule has 0 saturated carbocycles. The molecule has 0 heterocycles. The van der Waals surface area contributed by atoms with Gasteiger partial charge in [-0.15, -0.1) is 0 Å². The second-order valence-corrected chi connectivity index (χ2v) is 7.12. The molecule has 0 aliphatic heterocycles. The topological polar surface area (TPSA) is 47.6 Å². The molecule has 0 fully saturated rings. The van der Waals surface area contributed by atoms with E-state index in [1.165, 1.54) is 5.57 Å². The Morgan fingerprint density at radius 3 is 2.14 bits per heavy atom. The Bertz CT molecular complexity index is 606. The molecule has 2 heteroatoms. The summed E-state index contributed by atoms with van der Waals surface area (Å²) in [6.45, 7) is 8.48. The smallest absolute Gasteiger partial charge is 0.157 e. The van der Waals surface area contributed by atoms with Crippen molar-refractivity contribution in [2.45, 2.75) is 40.0 Å². The molecule has 1 aliphatic rings. The maximum Gasteiger partial charge on any atom is 0.157 e. The van der Waals surface area contributed by atoms with Gasteiger partial charge >= 0.3 is 0 Å². The van der Waals surface area contributed by atoms with Crippen molar-refractivity contribution in [2.24, 2.45) is 16.7 Å². The third-order valence-electron chi connectivity index (χ3n) is 4.59. The van der Waals surface area contributed by atoms with Gasteiger partial charge in [-0.3, -0.25) is 0 Å². The standard InChI is InChI=1S/C19H22N2/c1-14-10-16(15-8-6-5-7-9-15)19(12-20,13-21)17(11-14)18(2,3)4/h5-10,16-17H,11H2,1-4H3/t16-,17+/m1/s1. The van der Waals surface area contributed by atoms with Gasteiger partial charge in [0.2, 0.25) is 0 Å². The Morgan fingerprint density at radius 2 is 1.67 bits per heavy atom. The quantitative estimate of drug-likeness (QED) is 0.692. The lowest BCUT2D eigenvalue weighted by Gasteiger charge is -2.45. The van der Waals surface area contributed by atoms with Gasteiger partial charge in [-0.2, -0.15) is 10.5 Å². The van der Waals surface area contributed by atoms with Gasteiger partial charge in [0, 0.05) is 11.8 Å². The molecule has 1 aromatic carbocycles. The number of nitrogens with zero attached hydrogens (tertiary/aromatic N) is 2. The zero-order valence-electron chi connectivity index (χ0n) is 13.2. The van der Waals surface area contributed by atoms with Crippen LogP contribution in [0.25, 0.3) is 0 Å². The lowest BCUT2D eigenvalue weighted by atomic mass is 9.54. The lowest BCUT2D eigenvalue weighted by Crippen LogP contribution is -2.43. The summed E-state index contributed by atoms with van der Waals surface area (Å²) < 4.78 is 0. The number of rotatable bonds is 1. The van der Waals surface area contributed by atoms with Crippen LogP contribution >= 0.6 is 0 Å². The van der Waals surface area contributed by atoms with Gasteiger partial charge in [0.05, 0.1) is 12.1 Å². The second kappa shape index (κ2) is 5.38. The van der Waals surface area contributed by atoms with E-state index in [1.807, 2.05) is 30.3 Å². The van der Waals surface area contributed by atoms with E-state index >= 15 is 0 Å².